The van der Waals surface area contributed by atoms with E-state index in [0.717, 1.165) is 5.56 Å². The van der Waals surface area contributed by atoms with Gasteiger partial charge in [-0.2, -0.15) is 10.4 Å². The lowest BCUT2D eigenvalue weighted by Gasteiger charge is -2.06. The van der Waals surface area contributed by atoms with Gasteiger partial charge < -0.3 is 5.11 Å². The van der Waals surface area contributed by atoms with Crippen LogP contribution in [0.4, 0.5) is 0 Å². The molecule has 5 nitrogen and oxygen atoms in total. The van der Waals surface area contributed by atoms with E-state index in [2.05, 4.69) is 11.2 Å². The lowest BCUT2D eigenvalue weighted by molar-refractivity contribution is 0.0684. The summed E-state index contributed by atoms with van der Waals surface area (Å²) in [4.78, 5) is 10.9. The van der Waals surface area contributed by atoms with E-state index in [9.17, 15) is 4.79 Å². The summed E-state index contributed by atoms with van der Waals surface area (Å²) in [6.45, 7) is 0.276. The smallest absolute Gasteiger partial charge is 0.354 e. The van der Waals surface area contributed by atoms with Gasteiger partial charge in [0.1, 0.15) is 5.69 Å². The van der Waals surface area contributed by atoms with Gasteiger partial charge in [0.15, 0.2) is 0 Å². The molecule has 1 aromatic heterocycles. The van der Waals surface area contributed by atoms with Crippen molar-refractivity contribution in [3.05, 3.63) is 53.3 Å². The second-order valence-electron chi connectivity index (χ2n) is 3.45. The summed E-state index contributed by atoms with van der Waals surface area (Å²) >= 11 is 0. The average Bonchev–Trinajstić information content (AvgIpc) is 2.78. The highest BCUT2D eigenvalue weighted by atomic mass is 16.4. The highest BCUT2D eigenvalue weighted by Gasteiger charge is 2.11. The van der Waals surface area contributed by atoms with Gasteiger partial charge in [-0.1, -0.05) is 18.2 Å². The van der Waals surface area contributed by atoms with Crippen molar-refractivity contribution in [3.63, 3.8) is 0 Å². The molecule has 17 heavy (non-hydrogen) atoms. The van der Waals surface area contributed by atoms with Crippen LogP contribution in [0.25, 0.3) is 0 Å². The third kappa shape index (κ3) is 2.16. The summed E-state index contributed by atoms with van der Waals surface area (Å²) in [5.41, 5.74) is 1.39. The maximum Gasteiger partial charge on any atom is 0.354 e. The molecule has 0 unspecified atom stereocenters. The average molecular weight is 227 g/mol. The molecule has 0 saturated carbocycles. The van der Waals surface area contributed by atoms with Crippen LogP contribution >= 0.6 is 0 Å². The van der Waals surface area contributed by atoms with Crippen LogP contribution in [0.2, 0.25) is 0 Å². The van der Waals surface area contributed by atoms with Crippen molar-refractivity contribution in [2.75, 3.05) is 0 Å². The van der Waals surface area contributed by atoms with E-state index in [-0.39, 0.29) is 12.2 Å². The molecule has 5 heteroatoms. The zero-order valence-electron chi connectivity index (χ0n) is 8.87. The maximum atomic E-state index is 10.9. The van der Waals surface area contributed by atoms with E-state index in [0.29, 0.717) is 5.56 Å². The van der Waals surface area contributed by atoms with Crippen molar-refractivity contribution in [1.82, 2.24) is 9.78 Å². The first-order valence-electron chi connectivity index (χ1n) is 4.95. The summed E-state index contributed by atoms with van der Waals surface area (Å²) in [5, 5.41) is 21.8. The predicted molar refractivity (Wildman–Crippen MR) is 59.4 cm³/mol. The Morgan fingerprint density at radius 2 is 2.18 bits per heavy atom. The lowest BCUT2D eigenvalue weighted by atomic mass is 10.1. The molecule has 84 valence electrons. The number of hydrogen-bond donors (Lipinski definition) is 1. The van der Waals surface area contributed by atoms with Crippen molar-refractivity contribution >= 4 is 5.97 Å². The molecular weight excluding hydrogens is 218 g/mol. The summed E-state index contributed by atoms with van der Waals surface area (Å²) < 4.78 is 1.36. The number of carbonyl (C=O) groups is 1. The lowest BCUT2D eigenvalue weighted by Crippen LogP contribution is -2.11. The molecule has 0 spiro atoms. The van der Waals surface area contributed by atoms with Gasteiger partial charge in [-0.25, -0.2) is 4.79 Å². The molecule has 1 N–H and O–H groups in total. The first-order chi connectivity index (χ1) is 8.22. The van der Waals surface area contributed by atoms with Crippen molar-refractivity contribution in [2.24, 2.45) is 0 Å². The monoisotopic (exact) mass is 227 g/mol. The Labute approximate surface area is 97.5 Å². The van der Waals surface area contributed by atoms with Gasteiger partial charge in [0, 0.05) is 6.20 Å². The van der Waals surface area contributed by atoms with Crippen LogP contribution in [-0.4, -0.2) is 20.9 Å². The zero-order valence-corrected chi connectivity index (χ0v) is 8.87. The Morgan fingerprint density at radius 1 is 1.41 bits per heavy atom. The number of aromatic nitrogens is 2. The Hall–Kier alpha value is -2.61. The Bertz CT molecular complexity index is 596. The molecule has 0 aliphatic carbocycles. The summed E-state index contributed by atoms with van der Waals surface area (Å²) in [6, 6.07) is 10.5. The Kier molecular flexibility index (Phi) is 2.88. The minimum atomic E-state index is -1.03. The molecule has 0 bridgehead atoms. The van der Waals surface area contributed by atoms with Crippen molar-refractivity contribution in [3.8, 4) is 6.07 Å². The number of nitriles is 1. The van der Waals surface area contributed by atoms with Crippen LogP contribution in [0, 0.1) is 11.3 Å². The fourth-order valence-electron chi connectivity index (χ4n) is 1.57. The number of rotatable bonds is 3. The van der Waals surface area contributed by atoms with Gasteiger partial charge >= 0.3 is 5.97 Å². The third-order valence-corrected chi connectivity index (χ3v) is 2.39. The van der Waals surface area contributed by atoms with Crippen LogP contribution in [0.5, 0.6) is 0 Å². The normalized spacial score (nSPS) is 9.82. The molecule has 0 fully saturated rings. The minimum Gasteiger partial charge on any atom is -0.477 e. The number of nitrogens with zero attached hydrogens (tertiary/aromatic N) is 3. The summed E-state index contributed by atoms with van der Waals surface area (Å²) in [5.74, 6) is -1.03. The van der Waals surface area contributed by atoms with Crippen LogP contribution in [0.1, 0.15) is 21.6 Å². The standard InChI is InChI=1S/C12H9N3O2/c13-7-9-3-1-2-4-10(9)8-15-11(12(16)17)5-6-14-15/h1-6H,8H2,(H,16,17). The molecule has 2 aromatic rings. The highest BCUT2D eigenvalue weighted by molar-refractivity contribution is 5.85. The van der Waals surface area contributed by atoms with E-state index in [4.69, 9.17) is 10.4 Å². The molecule has 2 rings (SSSR count). The van der Waals surface area contributed by atoms with Gasteiger partial charge in [0.2, 0.25) is 0 Å². The van der Waals surface area contributed by atoms with Gasteiger partial charge in [-0.3, -0.25) is 4.68 Å². The zero-order chi connectivity index (χ0) is 12.3. The van der Waals surface area contributed by atoms with Gasteiger partial charge in [-0.15, -0.1) is 0 Å². The van der Waals surface area contributed by atoms with Gasteiger partial charge in [0.05, 0.1) is 18.2 Å². The third-order valence-electron chi connectivity index (χ3n) is 2.39. The fraction of sp³-hybridized carbons (Fsp3) is 0.0833. The summed E-state index contributed by atoms with van der Waals surface area (Å²) in [7, 11) is 0. The van der Waals surface area contributed by atoms with Crippen molar-refractivity contribution in [2.45, 2.75) is 6.54 Å². The van der Waals surface area contributed by atoms with E-state index < -0.39 is 5.97 Å². The van der Waals surface area contributed by atoms with Gasteiger partial charge in [0.25, 0.3) is 0 Å². The van der Waals surface area contributed by atoms with Crippen LogP contribution in [0.3, 0.4) is 0 Å². The van der Waals surface area contributed by atoms with Crippen LogP contribution in [0.15, 0.2) is 36.5 Å². The van der Waals surface area contributed by atoms with Crippen molar-refractivity contribution in [1.29, 1.82) is 5.26 Å². The van der Waals surface area contributed by atoms with Gasteiger partial charge in [-0.05, 0) is 17.7 Å². The topological polar surface area (TPSA) is 78.9 Å². The van der Waals surface area contributed by atoms with Crippen LogP contribution in [-0.2, 0) is 6.54 Å². The van der Waals surface area contributed by atoms with Crippen LogP contribution < -0.4 is 0 Å². The second kappa shape index (κ2) is 4.49. The first-order valence-corrected chi connectivity index (χ1v) is 4.95. The number of aromatic carboxylic acids is 1. The fourth-order valence-corrected chi connectivity index (χ4v) is 1.57. The quantitative estimate of drug-likeness (QED) is 0.861. The van der Waals surface area contributed by atoms with E-state index >= 15 is 0 Å². The minimum absolute atomic E-state index is 0.109. The van der Waals surface area contributed by atoms with E-state index in [1.54, 1.807) is 24.3 Å². The molecule has 0 aliphatic rings. The summed E-state index contributed by atoms with van der Waals surface area (Å²) in [6.07, 6.45) is 1.43. The number of hydrogen-bond acceptors (Lipinski definition) is 3. The highest BCUT2D eigenvalue weighted by Crippen LogP contribution is 2.10. The molecule has 0 atom stereocenters. The predicted octanol–water partition coefficient (Wildman–Crippen LogP) is 1.50. The molecule has 1 heterocycles. The van der Waals surface area contributed by atoms with E-state index in [1.807, 2.05) is 0 Å². The molecule has 0 amide bonds. The first kappa shape index (κ1) is 10.9. The molecule has 1 aromatic carbocycles. The molecule has 0 aliphatic heterocycles. The molecular formula is C12H9N3O2. The SMILES string of the molecule is N#Cc1ccccc1Cn1nccc1C(=O)O. The number of carboxylic acids is 1. The largest absolute Gasteiger partial charge is 0.477 e. The van der Waals surface area contributed by atoms with E-state index in [1.165, 1.54) is 16.9 Å². The maximum absolute atomic E-state index is 10.9. The molecule has 0 radical (unpaired) electrons. The second-order valence-corrected chi connectivity index (χ2v) is 3.45. The van der Waals surface area contributed by atoms with Crippen molar-refractivity contribution < 1.29 is 9.90 Å². The number of carboxylic acid groups (broad SMARTS) is 1. The Balaban J connectivity index is 2.35. The number of benzene rings is 1. The molecule has 0 saturated heterocycles. The Morgan fingerprint density at radius 3 is 2.88 bits per heavy atom.